The van der Waals surface area contributed by atoms with Crippen LogP contribution in [-0.4, -0.2) is 34.4 Å². The molecular formula is C19H22N2O3. The maximum absolute atomic E-state index is 10.8. The van der Waals surface area contributed by atoms with E-state index >= 15 is 0 Å². The van der Waals surface area contributed by atoms with Crippen molar-refractivity contribution in [3.8, 4) is 0 Å². The predicted octanol–water partition coefficient (Wildman–Crippen LogP) is 2.96. The van der Waals surface area contributed by atoms with Crippen LogP contribution in [-0.2, 0) is 11.2 Å². The zero-order valence-electron chi connectivity index (χ0n) is 14.0. The minimum atomic E-state index is -0.779. The van der Waals surface area contributed by atoms with Crippen molar-refractivity contribution in [3.63, 3.8) is 0 Å². The van der Waals surface area contributed by atoms with E-state index in [1.807, 2.05) is 36.9 Å². The number of rotatable bonds is 5. The minimum absolute atomic E-state index is 0.0129. The van der Waals surface area contributed by atoms with E-state index in [2.05, 4.69) is 17.1 Å². The first-order valence-corrected chi connectivity index (χ1v) is 8.07. The Balaban J connectivity index is 1.95. The molecule has 0 amide bonds. The molecule has 5 heteroatoms. The van der Waals surface area contributed by atoms with E-state index in [1.54, 1.807) is 0 Å². The van der Waals surface area contributed by atoms with Crippen LogP contribution in [0.5, 0.6) is 0 Å². The van der Waals surface area contributed by atoms with E-state index in [9.17, 15) is 9.90 Å². The van der Waals surface area contributed by atoms with Gasteiger partial charge in [0.15, 0.2) is 0 Å². The number of hydrogen-bond acceptors (Lipinski definition) is 3. The summed E-state index contributed by atoms with van der Waals surface area (Å²) in [5.41, 5.74) is 7.52. The number of aliphatic carboxylic acids is 1. The molecule has 0 fully saturated rings. The van der Waals surface area contributed by atoms with Crippen molar-refractivity contribution in [1.29, 1.82) is 0 Å². The molecule has 0 bridgehead atoms. The molecule has 126 valence electrons. The summed E-state index contributed by atoms with van der Waals surface area (Å²) in [4.78, 5) is 16.1. The largest absolute Gasteiger partial charge is 0.481 e. The second kappa shape index (κ2) is 6.53. The van der Waals surface area contributed by atoms with Gasteiger partial charge in [0.2, 0.25) is 0 Å². The van der Waals surface area contributed by atoms with Gasteiger partial charge in [-0.15, -0.1) is 0 Å². The molecule has 0 saturated carbocycles. The molecule has 0 unspecified atom stereocenters. The number of nitrogens with one attached hydrogen (secondary N) is 1. The van der Waals surface area contributed by atoms with E-state index in [0.717, 1.165) is 39.3 Å². The standard InChI is InChI=1S/C19H22N2O3/c1-12-15(7-8-19(23)24)13(2)20-17(12)9-14-10-21(11-22)18-6-4-3-5-16(14)18/h3-6,9,20,22H,7-8,10-11H2,1-2H3,(H,23,24)/b14-9+. The number of aliphatic hydroxyl groups is 1. The number of carbonyl (C=O) groups is 1. The second-order valence-electron chi connectivity index (χ2n) is 6.19. The van der Waals surface area contributed by atoms with Crippen LogP contribution in [0.15, 0.2) is 24.3 Å². The number of aromatic amines is 1. The topological polar surface area (TPSA) is 76.6 Å². The van der Waals surface area contributed by atoms with Crippen molar-refractivity contribution in [2.75, 3.05) is 18.2 Å². The van der Waals surface area contributed by atoms with Crippen LogP contribution < -0.4 is 4.90 Å². The molecule has 0 radical (unpaired) electrons. The van der Waals surface area contributed by atoms with Crippen LogP contribution in [0, 0.1) is 13.8 Å². The molecule has 5 nitrogen and oxygen atoms in total. The Morgan fingerprint density at radius 3 is 2.79 bits per heavy atom. The van der Waals surface area contributed by atoms with Crippen molar-refractivity contribution < 1.29 is 15.0 Å². The third kappa shape index (κ3) is 2.95. The molecule has 0 spiro atoms. The first-order chi connectivity index (χ1) is 11.5. The van der Waals surface area contributed by atoms with E-state index in [4.69, 9.17) is 5.11 Å². The average molecular weight is 326 g/mol. The van der Waals surface area contributed by atoms with Crippen molar-refractivity contribution in [2.24, 2.45) is 0 Å². The highest BCUT2D eigenvalue weighted by molar-refractivity contribution is 5.93. The van der Waals surface area contributed by atoms with Crippen LogP contribution in [0.25, 0.3) is 11.6 Å². The molecule has 1 aliphatic heterocycles. The van der Waals surface area contributed by atoms with Crippen LogP contribution in [0.2, 0.25) is 0 Å². The smallest absolute Gasteiger partial charge is 0.303 e. The van der Waals surface area contributed by atoms with Gasteiger partial charge in [0.1, 0.15) is 6.73 Å². The Morgan fingerprint density at radius 1 is 1.33 bits per heavy atom. The number of fused-ring (bicyclic) bond motifs is 1. The molecule has 2 aromatic rings. The van der Waals surface area contributed by atoms with Gasteiger partial charge < -0.3 is 20.1 Å². The average Bonchev–Trinajstić information content (AvgIpc) is 3.04. The number of aromatic nitrogens is 1. The fourth-order valence-electron chi connectivity index (χ4n) is 3.39. The highest BCUT2D eigenvalue weighted by atomic mass is 16.4. The third-order valence-corrected chi connectivity index (χ3v) is 4.66. The number of hydrogen-bond donors (Lipinski definition) is 3. The number of carboxylic acids is 1. The summed E-state index contributed by atoms with van der Waals surface area (Å²) < 4.78 is 0. The first-order valence-electron chi connectivity index (χ1n) is 8.07. The molecule has 1 aromatic carbocycles. The van der Waals surface area contributed by atoms with Crippen LogP contribution >= 0.6 is 0 Å². The Morgan fingerprint density at radius 2 is 2.08 bits per heavy atom. The Labute approximate surface area is 141 Å². The number of carboxylic acid groups (broad SMARTS) is 1. The lowest BCUT2D eigenvalue weighted by atomic mass is 10.0. The van der Waals surface area contributed by atoms with Crippen LogP contribution in [0.3, 0.4) is 0 Å². The van der Waals surface area contributed by atoms with E-state index in [0.29, 0.717) is 13.0 Å². The van der Waals surface area contributed by atoms with Gasteiger partial charge in [-0.3, -0.25) is 4.79 Å². The van der Waals surface area contributed by atoms with E-state index in [1.165, 1.54) is 0 Å². The molecule has 1 aromatic heterocycles. The molecule has 0 saturated heterocycles. The van der Waals surface area contributed by atoms with Gasteiger partial charge in [-0.2, -0.15) is 0 Å². The zero-order valence-corrected chi connectivity index (χ0v) is 14.0. The number of aryl methyl sites for hydroxylation is 1. The molecular weight excluding hydrogens is 304 g/mol. The molecule has 0 aliphatic carbocycles. The van der Waals surface area contributed by atoms with Crippen LogP contribution in [0.1, 0.15) is 34.5 Å². The Kier molecular flexibility index (Phi) is 4.44. The third-order valence-electron chi connectivity index (χ3n) is 4.66. The number of H-pyrrole nitrogens is 1. The second-order valence-corrected chi connectivity index (χ2v) is 6.19. The Bertz CT molecular complexity index is 805. The molecule has 24 heavy (non-hydrogen) atoms. The fraction of sp³-hybridized carbons (Fsp3) is 0.316. The summed E-state index contributed by atoms with van der Waals surface area (Å²) in [7, 11) is 0. The highest BCUT2D eigenvalue weighted by Crippen LogP contribution is 2.36. The van der Waals surface area contributed by atoms with Crippen molar-refractivity contribution >= 4 is 23.3 Å². The number of para-hydroxylation sites is 1. The van der Waals surface area contributed by atoms with E-state index in [-0.39, 0.29) is 13.2 Å². The quantitative estimate of drug-likeness (QED) is 0.789. The minimum Gasteiger partial charge on any atom is -0.481 e. The van der Waals surface area contributed by atoms with Crippen molar-refractivity contribution in [2.45, 2.75) is 26.7 Å². The lowest BCUT2D eigenvalue weighted by molar-refractivity contribution is -0.136. The summed E-state index contributed by atoms with van der Waals surface area (Å²) in [5.74, 6) is -0.779. The van der Waals surface area contributed by atoms with Crippen molar-refractivity contribution in [3.05, 3.63) is 52.3 Å². The number of benzene rings is 1. The van der Waals surface area contributed by atoms with Gasteiger partial charge in [-0.25, -0.2) is 0 Å². The summed E-state index contributed by atoms with van der Waals surface area (Å²) in [5, 5.41) is 18.5. The zero-order chi connectivity index (χ0) is 17.3. The van der Waals surface area contributed by atoms with Gasteiger partial charge in [0, 0.05) is 35.6 Å². The summed E-state index contributed by atoms with van der Waals surface area (Å²) in [6, 6.07) is 8.04. The highest BCUT2D eigenvalue weighted by Gasteiger charge is 2.23. The van der Waals surface area contributed by atoms with Gasteiger partial charge in [-0.1, -0.05) is 18.2 Å². The SMILES string of the molecule is Cc1[nH]c(/C=C2\CN(CO)c3ccccc32)c(C)c1CCC(=O)O. The monoisotopic (exact) mass is 326 g/mol. The maximum atomic E-state index is 10.8. The molecule has 3 rings (SSSR count). The Hall–Kier alpha value is -2.53. The molecule has 0 atom stereocenters. The van der Waals surface area contributed by atoms with E-state index < -0.39 is 5.97 Å². The maximum Gasteiger partial charge on any atom is 0.303 e. The number of aliphatic hydroxyl groups excluding tert-OH is 1. The number of nitrogens with zero attached hydrogens (tertiary/aromatic N) is 1. The lowest BCUT2D eigenvalue weighted by Gasteiger charge is -2.14. The molecule has 2 heterocycles. The number of anilines is 1. The van der Waals surface area contributed by atoms with Gasteiger partial charge in [-0.05, 0) is 49.1 Å². The summed E-state index contributed by atoms with van der Waals surface area (Å²) in [6.45, 7) is 4.66. The summed E-state index contributed by atoms with van der Waals surface area (Å²) in [6.07, 6.45) is 2.78. The van der Waals surface area contributed by atoms with Crippen molar-refractivity contribution in [1.82, 2.24) is 4.98 Å². The predicted molar refractivity (Wildman–Crippen MR) is 95.0 cm³/mol. The molecule has 1 aliphatic rings. The van der Waals surface area contributed by atoms with Gasteiger partial charge in [0.25, 0.3) is 0 Å². The van der Waals surface area contributed by atoms with Gasteiger partial charge >= 0.3 is 5.97 Å². The van der Waals surface area contributed by atoms with Gasteiger partial charge in [0.05, 0.1) is 0 Å². The normalized spacial score (nSPS) is 15.1. The first kappa shape index (κ1) is 16.3. The lowest BCUT2D eigenvalue weighted by Crippen LogP contribution is -2.20. The summed E-state index contributed by atoms with van der Waals surface area (Å²) >= 11 is 0. The van der Waals surface area contributed by atoms with Crippen LogP contribution in [0.4, 0.5) is 5.69 Å². The molecule has 3 N–H and O–H groups in total. The fourth-order valence-corrected chi connectivity index (χ4v) is 3.39.